The second kappa shape index (κ2) is 6.17. The Morgan fingerprint density at radius 2 is 1.95 bits per heavy atom. The van der Waals surface area contributed by atoms with Crippen molar-refractivity contribution < 1.29 is 13.2 Å². The maximum absolute atomic E-state index is 12.8. The van der Waals surface area contributed by atoms with Crippen molar-refractivity contribution in [3.8, 4) is 0 Å². The number of hydrogen-bond acceptors (Lipinski definition) is 2. The molecule has 0 aliphatic heterocycles. The average Bonchev–Trinajstić information content (AvgIpc) is 2.87. The van der Waals surface area contributed by atoms with Crippen LogP contribution >= 0.6 is 0 Å². The Hall–Kier alpha value is -2.37. The Morgan fingerprint density at radius 1 is 1.27 bits per heavy atom. The lowest BCUT2D eigenvalue weighted by atomic mass is 10.1. The third-order valence-corrected chi connectivity index (χ3v) is 3.32. The van der Waals surface area contributed by atoms with Crippen LogP contribution in [0.5, 0.6) is 0 Å². The summed E-state index contributed by atoms with van der Waals surface area (Å²) in [7, 11) is 3.17. The van der Waals surface area contributed by atoms with Crippen molar-refractivity contribution in [3.05, 3.63) is 52.2 Å². The van der Waals surface area contributed by atoms with Crippen LogP contribution in [0.2, 0.25) is 0 Å². The topological polar surface area (TPSA) is 30.2 Å². The Kier molecular flexibility index (Phi) is 4.49. The third-order valence-electron chi connectivity index (χ3n) is 3.32. The summed E-state index contributed by atoms with van der Waals surface area (Å²) in [5, 5.41) is 5.29. The van der Waals surface area contributed by atoms with E-state index in [0.29, 0.717) is 5.69 Å². The molecule has 0 aliphatic rings. The number of aryl methyl sites for hydroxylation is 1. The number of benzene rings is 1. The quantitative estimate of drug-likeness (QED) is 0.782. The van der Waals surface area contributed by atoms with Crippen LogP contribution in [0.15, 0.2) is 35.3 Å². The zero-order valence-electron chi connectivity index (χ0n) is 12.5. The Bertz CT molecular complexity index is 814. The summed E-state index contributed by atoms with van der Waals surface area (Å²) in [5.74, 6) is 0. The number of nitrogens with zero attached hydrogens (tertiary/aromatic N) is 3. The van der Waals surface area contributed by atoms with Crippen molar-refractivity contribution in [2.24, 2.45) is 12.0 Å². The highest BCUT2D eigenvalue weighted by atomic mass is 19.4. The first-order chi connectivity index (χ1) is 10.3. The van der Waals surface area contributed by atoms with E-state index in [0.717, 1.165) is 22.1 Å². The first-order valence-corrected chi connectivity index (χ1v) is 6.64. The van der Waals surface area contributed by atoms with Gasteiger partial charge in [0.1, 0.15) is 0 Å². The van der Waals surface area contributed by atoms with Gasteiger partial charge >= 0.3 is 6.18 Å². The predicted octanol–water partition coefficient (Wildman–Crippen LogP) is 2.14. The molecular weight excluding hydrogens is 291 g/mol. The molecule has 0 spiro atoms. The van der Waals surface area contributed by atoms with Gasteiger partial charge < -0.3 is 0 Å². The summed E-state index contributed by atoms with van der Waals surface area (Å²) < 4.78 is 39.6. The van der Waals surface area contributed by atoms with E-state index in [-0.39, 0.29) is 0 Å². The summed E-state index contributed by atoms with van der Waals surface area (Å²) in [5.41, 5.74) is 0.268. The van der Waals surface area contributed by atoms with E-state index in [2.05, 4.69) is 10.1 Å². The number of hydrogen-bond donors (Lipinski definition) is 0. The largest absolute Gasteiger partial charge is 0.435 e. The van der Waals surface area contributed by atoms with Crippen LogP contribution in [-0.4, -0.2) is 23.0 Å². The van der Waals surface area contributed by atoms with E-state index in [1.165, 1.54) is 11.7 Å². The highest BCUT2D eigenvalue weighted by Crippen LogP contribution is 2.29. The monoisotopic (exact) mass is 307 g/mol. The van der Waals surface area contributed by atoms with E-state index in [1.54, 1.807) is 20.2 Å². The zero-order chi connectivity index (χ0) is 16.3. The number of rotatable bonds is 2. The van der Waals surface area contributed by atoms with Gasteiger partial charge in [0.25, 0.3) is 0 Å². The van der Waals surface area contributed by atoms with Gasteiger partial charge in [-0.2, -0.15) is 18.3 Å². The summed E-state index contributed by atoms with van der Waals surface area (Å²) >= 11 is 0. The lowest BCUT2D eigenvalue weighted by Crippen LogP contribution is -2.27. The molecule has 116 valence electrons. The van der Waals surface area contributed by atoms with Crippen LogP contribution in [0.4, 0.5) is 13.2 Å². The molecule has 0 saturated heterocycles. The fourth-order valence-corrected chi connectivity index (χ4v) is 2.23. The third kappa shape index (κ3) is 3.27. The van der Waals surface area contributed by atoms with Crippen molar-refractivity contribution in [1.29, 1.82) is 0 Å². The summed E-state index contributed by atoms with van der Waals surface area (Å²) in [4.78, 5) is 3.90. The fraction of sp³-hybridized carbons (Fsp3) is 0.250. The molecule has 0 fully saturated rings. The molecule has 22 heavy (non-hydrogen) atoms. The van der Waals surface area contributed by atoms with Gasteiger partial charge in [-0.3, -0.25) is 9.67 Å². The Labute approximate surface area is 126 Å². The molecule has 1 aromatic heterocycles. The first-order valence-electron chi connectivity index (χ1n) is 6.64. The van der Waals surface area contributed by atoms with Crippen LogP contribution in [0.1, 0.15) is 18.3 Å². The molecule has 0 radical (unpaired) electrons. The molecule has 2 aromatic rings. The number of alkyl halides is 3. The number of aromatic nitrogens is 2. The molecule has 0 unspecified atom stereocenters. The molecule has 0 N–H and O–H groups in total. The second-order valence-electron chi connectivity index (χ2n) is 4.82. The summed E-state index contributed by atoms with van der Waals surface area (Å²) in [6.45, 7) is 1.78. The zero-order valence-corrected chi connectivity index (χ0v) is 12.5. The molecule has 0 saturated carbocycles. The molecule has 0 atom stereocenters. The average molecular weight is 307 g/mol. The molecule has 0 bridgehead atoms. The maximum atomic E-state index is 12.8. The normalized spacial score (nSPS) is 14.7. The minimum absolute atomic E-state index is 0.432. The summed E-state index contributed by atoms with van der Waals surface area (Å²) in [6, 6.07) is 8.54. The standard InChI is InChI=1S/C16H16F3N3/c1-11(13-7-5-4-6-12(13)8-9-20-2)14-10-15(16(17,18)19)21-22(14)3/h4-10H,1-3H3/b12-8-,13-11+,20-9?. The van der Waals surface area contributed by atoms with Crippen LogP contribution in [0, 0.1) is 0 Å². The molecule has 1 heterocycles. The van der Waals surface area contributed by atoms with Crippen LogP contribution < -0.4 is 10.4 Å². The fourth-order valence-electron chi connectivity index (χ4n) is 2.23. The van der Waals surface area contributed by atoms with Gasteiger partial charge in [-0.15, -0.1) is 0 Å². The maximum Gasteiger partial charge on any atom is 0.435 e. The van der Waals surface area contributed by atoms with Crippen LogP contribution in [-0.2, 0) is 13.2 Å². The summed E-state index contributed by atoms with van der Waals surface area (Å²) in [6.07, 6.45) is -0.979. The van der Waals surface area contributed by atoms with Gasteiger partial charge in [0.05, 0.1) is 5.69 Å². The number of halogens is 3. The van der Waals surface area contributed by atoms with Crippen molar-refractivity contribution >= 4 is 17.9 Å². The van der Waals surface area contributed by atoms with Crippen LogP contribution in [0.3, 0.4) is 0 Å². The highest BCUT2D eigenvalue weighted by molar-refractivity contribution is 5.90. The van der Waals surface area contributed by atoms with E-state index >= 15 is 0 Å². The van der Waals surface area contributed by atoms with Gasteiger partial charge in [-0.25, -0.2) is 0 Å². The van der Waals surface area contributed by atoms with Crippen molar-refractivity contribution in [2.45, 2.75) is 13.1 Å². The van der Waals surface area contributed by atoms with Crippen molar-refractivity contribution in [3.63, 3.8) is 0 Å². The van der Waals surface area contributed by atoms with Gasteiger partial charge in [0.15, 0.2) is 5.69 Å². The molecule has 2 rings (SSSR count). The van der Waals surface area contributed by atoms with Gasteiger partial charge in [0, 0.05) is 20.3 Å². The van der Waals surface area contributed by atoms with Crippen molar-refractivity contribution in [2.75, 3.05) is 7.05 Å². The molecule has 1 aromatic carbocycles. The first kappa shape index (κ1) is 16.0. The molecular formula is C16H16F3N3. The number of aliphatic imine (C=N–C) groups is 1. The second-order valence-corrected chi connectivity index (χ2v) is 4.82. The lowest BCUT2D eigenvalue weighted by Gasteiger charge is -2.02. The molecule has 6 heteroatoms. The van der Waals surface area contributed by atoms with E-state index in [1.807, 2.05) is 30.3 Å². The van der Waals surface area contributed by atoms with Gasteiger partial charge in [-0.05, 0) is 35.1 Å². The molecule has 0 amide bonds. The van der Waals surface area contributed by atoms with Crippen molar-refractivity contribution in [1.82, 2.24) is 9.78 Å². The Morgan fingerprint density at radius 3 is 2.55 bits per heavy atom. The van der Waals surface area contributed by atoms with Gasteiger partial charge in [0.2, 0.25) is 0 Å². The predicted molar refractivity (Wildman–Crippen MR) is 81.0 cm³/mol. The SMILES string of the molecule is CN=C/C=c1/cccc/c1=C(/C)c1cc(C(F)(F)F)nn1C. The molecule has 0 aliphatic carbocycles. The lowest BCUT2D eigenvalue weighted by molar-refractivity contribution is -0.141. The van der Waals surface area contributed by atoms with Gasteiger partial charge in [-0.1, -0.05) is 24.3 Å². The highest BCUT2D eigenvalue weighted by Gasteiger charge is 2.34. The van der Waals surface area contributed by atoms with E-state index in [4.69, 9.17) is 0 Å². The van der Waals surface area contributed by atoms with E-state index in [9.17, 15) is 13.2 Å². The molecule has 3 nitrogen and oxygen atoms in total. The Balaban J connectivity index is 2.71. The minimum Gasteiger partial charge on any atom is -0.296 e. The van der Waals surface area contributed by atoms with E-state index < -0.39 is 11.9 Å². The minimum atomic E-state index is -4.45. The smallest absolute Gasteiger partial charge is 0.296 e. The van der Waals surface area contributed by atoms with Crippen LogP contribution in [0.25, 0.3) is 11.6 Å².